The number of amides is 6. The standard InChI is InChI=1S/C57H82N16O13/c1-4-64-73-20-8-12-46(73)51(81)50(80)39(11-7-19-61-57(58)59)66-52(82)41(21-31(2)3)68-56(86)45(29-75)72-71-43(22-32-13-15-35(76)16-14-32)54(84)70-44(28-74)55(85)69-42(23-33-26-62-37-10-6-5-9-36(33)37)53(83)67-40(24-34-27-60-30-63-34)48(78)25-47(77)38-17-18-49(79)65-38/h5-6,9-10,13-16,26-27,30-31,38-46,57,61-62,64,71-72,74-76H,4,7-8,11-12,17-25,28-29,58-59H2,1-3H3,(H,60,63)(H,65,79)(H,66,82)(H,67,83)(H,68,86)(H,69,85)(H,70,84)/t38?,39-,40-,41-,42-,43-,44-,45?,46-/m0/s1. The zero-order chi connectivity index (χ0) is 62.5. The third kappa shape index (κ3) is 19.9. The number of aromatic nitrogens is 3. The fraction of sp³-hybridized carbons (Fsp3) is 0.526. The van der Waals surface area contributed by atoms with Gasteiger partial charge >= 0.3 is 0 Å². The second-order valence-electron chi connectivity index (χ2n) is 21.9. The van der Waals surface area contributed by atoms with E-state index in [1.165, 1.54) is 36.8 Å². The fourth-order valence-electron chi connectivity index (χ4n) is 10.2. The zero-order valence-corrected chi connectivity index (χ0v) is 48.5. The number of aliphatic hydroxyl groups excluding tert-OH is 2. The summed E-state index contributed by atoms with van der Waals surface area (Å²) in [5.41, 5.74) is 21.8. The molecule has 468 valence electrons. The largest absolute Gasteiger partial charge is 0.508 e. The number of para-hydroxylation sites is 1. The molecule has 4 aromatic rings. The van der Waals surface area contributed by atoms with Gasteiger partial charge in [-0.05, 0) is 86.7 Å². The van der Waals surface area contributed by atoms with E-state index in [0.717, 1.165) is 0 Å². The number of rotatable bonds is 37. The first kappa shape index (κ1) is 67.3. The minimum atomic E-state index is -1.75. The lowest BCUT2D eigenvalue weighted by Gasteiger charge is -2.28. The van der Waals surface area contributed by atoms with E-state index in [9.17, 15) is 63.3 Å². The van der Waals surface area contributed by atoms with Crippen molar-refractivity contribution in [3.05, 3.63) is 84.1 Å². The van der Waals surface area contributed by atoms with Gasteiger partial charge in [-0.15, -0.1) is 0 Å². The molecule has 6 rings (SSSR count). The Morgan fingerprint density at radius 1 is 0.744 bits per heavy atom. The molecule has 29 heteroatoms. The number of aliphatic hydroxyl groups is 2. The van der Waals surface area contributed by atoms with Gasteiger partial charge in [0.25, 0.3) is 0 Å². The van der Waals surface area contributed by atoms with Crippen LogP contribution in [-0.4, -0.2) is 187 Å². The summed E-state index contributed by atoms with van der Waals surface area (Å²) in [6.07, 6.45) is 4.23. The highest BCUT2D eigenvalue weighted by molar-refractivity contribution is 6.41. The van der Waals surface area contributed by atoms with Gasteiger partial charge in [0.1, 0.15) is 42.2 Å². The van der Waals surface area contributed by atoms with E-state index in [2.05, 4.69) is 68.4 Å². The number of hydrazine groups is 2. The molecule has 2 aliphatic heterocycles. The molecule has 0 bridgehead atoms. The molecule has 2 aromatic carbocycles. The Morgan fingerprint density at radius 2 is 1.38 bits per heavy atom. The summed E-state index contributed by atoms with van der Waals surface area (Å²) >= 11 is 0. The maximum atomic E-state index is 14.5. The Balaban J connectivity index is 1.18. The molecule has 19 N–H and O–H groups in total. The van der Waals surface area contributed by atoms with Crippen LogP contribution in [-0.2, 0) is 67.2 Å². The van der Waals surface area contributed by atoms with Crippen LogP contribution in [0.1, 0.15) is 89.0 Å². The highest BCUT2D eigenvalue weighted by Crippen LogP contribution is 2.21. The van der Waals surface area contributed by atoms with Crippen molar-refractivity contribution in [2.75, 3.05) is 32.8 Å². The number of H-pyrrole nitrogens is 2. The number of hydrogen-bond donors (Lipinski definition) is 17. The van der Waals surface area contributed by atoms with Crippen LogP contribution in [0.15, 0.2) is 67.3 Å². The predicted molar refractivity (Wildman–Crippen MR) is 312 cm³/mol. The average molecular weight is 1200 g/mol. The number of carbonyl (C=O) groups excluding carboxylic acids is 10. The lowest BCUT2D eigenvalue weighted by molar-refractivity contribution is -0.142. The summed E-state index contributed by atoms with van der Waals surface area (Å²) in [5.74, 6) is -7.95. The van der Waals surface area contributed by atoms with E-state index in [-0.39, 0.29) is 75.5 Å². The van der Waals surface area contributed by atoms with Gasteiger partial charge < -0.3 is 68.7 Å². The van der Waals surface area contributed by atoms with Crippen molar-refractivity contribution in [1.82, 2.24) is 73.5 Å². The first-order valence-corrected chi connectivity index (χ1v) is 28.9. The summed E-state index contributed by atoms with van der Waals surface area (Å²) in [6, 6.07) is 1.09. The number of ketones is 4. The van der Waals surface area contributed by atoms with Crippen LogP contribution < -0.4 is 65.0 Å². The molecule has 2 aromatic heterocycles. The van der Waals surface area contributed by atoms with Gasteiger partial charge in [-0.1, -0.05) is 51.1 Å². The van der Waals surface area contributed by atoms with Crippen LogP contribution in [0.5, 0.6) is 5.75 Å². The number of nitrogens with one attached hydrogen (secondary N) is 12. The Morgan fingerprint density at radius 3 is 2.05 bits per heavy atom. The van der Waals surface area contributed by atoms with Crippen LogP contribution >= 0.6 is 0 Å². The first-order valence-electron chi connectivity index (χ1n) is 28.9. The molecule has 0 saturated carbocycles. The third-order valence-corrected chi connectivity index (χ3v) is 14.8. The van der Waals surface area contributed by atoms with Crippen LogP contribution in [0.3, 0.4) is 0 Å². The number of phenols is 1. The van der Waals surface area contributed by atoms with Crippen LogP contribution in [0.25, 0.3) is 10.9 Å². The smallest absolute Gasteiger partial charge is 0.245 e. The van der Waals surface area contributed by atoms with Gasteiger partial charge in [0.05, 0.1) is 55.8 Å². The normalized spacial score (nSPS) is 17.7. The predicted octanol–water partition coefficient (Wildman–Crippen LogP) is -3.58. The molecule has 0 spiro atoms. The Labute approximate surface area is 496 Å². The number of fused-ring (bicyclic) bond motifs is 1. The second-order valence-corrected chi connectivity index (χ2v) is 21.9. The van der Waals surface area contributed by atoms with Crippen molar-refractivity contribution >= 4 is 69.5 Å². The second kappa shape index (κ2) is 33.1. The molecule has 0 aliphatic carbocycles. The molecule has 2 unspecified atom stereocenters. The quantitative estimate of drug-likeness (QED) is 0.00682. The van der Waals surface area contributed by atoms with Crippen molar-refractivity contribution in [3.63, 3.8) is 0 Å². The number of imidazole rings is 1. The van der Waals surface area contributed by atoms with Crippen molar-refractivity contribution < 1.29 is 63.3 Å². The number of benzene rings is 2. The first-order chi connectivity index (χ1) is 41.2. The van der Waals surface area contributed by atoms with Crippen LogP contribution in [0.2, 0.25) is 0 Å². The third-order valence-electron chi connectivity index (χ3n) is 14.8. The number of aromatic hydroxyl groups is 1. The fourth-order valence-corrected chi connectivity index (χ4v) is 10.2. The van der Waals surface area contributed by atoms with E-state index in [4.69, 9.17) is 11.5 Å². The number of Topliss-reactive ketones (excluding diaryl/α,β-unsaturated/α-hetero) is 4. The zero-order valence-electron chi connectivity index (χ0n) is 48.5. The lowest BCUT2D eigenvalue weighted by atomic mass is 9.96. The molecule has 86 heavy (non-hydrogen) atoms. The maximum absolute atomic E-state index is 14.5. The molecule has 29 nitrogen and oxygen atoms in total. The highest BCUT2D eigenvalue weighted by Gasteiger charge is 2.40. The monoisotopic (exact) mass is 1200 g/mol. The SMILES string of the molecule is CCNN1CCC[C@H]1C(=O)C(=O)[C@H](CCCNC(N)N)NC(=O)[C@H](CC(C)C)NC(=O)C(CO)NN[C@@H](Cc1ccc(O)cc1)C(=O)N[C@@H](CO)C(=O)N[C@@H](Cc1c[nH]c2ccccc12)C(=O)N[C@@H](Cc1c[nH]cn1)C(=O)CC(=O)C1CCC(=O)N1. The minimum absolute atomic E-state index is 0.0198. The van der Waals surface area contributed by atoms with Gasteiger partial charge in [0.2, 0.25) is 47.0 Å². The van der Waals surface area contributed by atoms with Crippen molar-refractivity contribution in [1.29, 1.82) is 0 Å². The molecule has 2 aliphatic rings. The van der Waals surface area contributed by atoms with Gasteiger partial charge in [-0.25, -0.2) is 20.8 Å². The molecule has 4 heterocycles. The van der Waals surface area contributed by atoms with Gasteiger partial charge in [-0.2, -0.15) is 0 Å². The average Bonchev–Trinajstić information content (AvgIpc) is 2.71. The van der Waals surface area contributed by atoms with E-state index in [1.54, 1.807) is 49.3 Å². The summed E-state index contributed by atoms with van der Waals surface area (Å²) in [7, 11) is 0. The molecule has 6 amide bonds. The number of hydrogen-bond acceptors (Lipinski definition) is 21. The molecule has 2 saturated heterocycles. The molecule has 9 atom stereocenters. The van der Waals surface area contributed by atoms with E-state index < -0.39 is 133 Å². The highest BCUT2D eigenvalue weighted by atomic mass is 16.3. The Kier molecular flexibility index (Phi) is 25.9. The number of nitrogens with two attached hydrogens (primary N) is 2. The number of carbonyl (C=O) groups is 10. The summed E-state index contributed by atoms with van der Waals surface area (Å²) < 4.78 is 0. The van der Waals surface area contributed by atoms with E-state index in [0.29, 0.717) is 53.7 Å². The van der Waals surface area contributed by atoms with Gasteiger partial charge in [0, 0.05) is 55.6 Å². The Bertz CT molecular complexity index is 2960. The molecule has 2 fully saturated rings. The van der Waals surface area contributed by atoms with Crippen molar-refractivity contribution in [2.45, 2.75) is 152 Å². The summed E-state index contributed by atoms with van der Waals surface area (Å²) in [4.78, 5) is 148. The maximum Gasteiger partial charge on any atom is 0.245 e. The summed E-state index contributed by atoms with van der Waals surface area (Å²) in [6.45, 7) is 4.86. The van der Waals surface area contributed by atoms with Gasteiger partial charge in [0.15, 0.2) is 11.6 Å². The lowest BCUT2D eigenvalue weighted by Crippen LogP contribution is -2.63. The Hall–Kier alpha value is -7.87. The van der Waals surface area contributed by atoms with Crippen molar-refractivity contribution in [2.24, 2.45) is 17.4 Å². The number of phenolic OH excluding ortho intramolecular Hbond substituents is 1. The summed E-state index contributed by atoms with van der Waals surface area (Å²) in [5, 5.41) is 52.2. The molecular weight excluding hydrogens is 1120 g/mol. The number of aromatic amines is 2. The van der Waals surface area contributed by atoms with E-state index in [1.807, 2.05) is 6.92 Å². The van der Waals surface area contributed by atoms with Crippen LogP contribution in [0.4, 0.5) is 0 Å². The van der Waals surface area contributed by atoms with Crippen molar-refractivity contribution in [3.8, 4) is 5.75 Å². The van der Waals surface area contributed by atoms with Crippen LogP contribution in [0, 0.1) is 5.92 Å². The topological polar surface area (TPSA) is 451 Å². The van der Waals surface area contributed by atoms with Gasteiger partial charge in [-0.3, -0.25) is 58.7 Å². The molecular formula is C57H82N16O13. The molecule has 0 radical (unpaired) electrons. The van der Waals surface area contributed by atoms with E-state index >= 15 is 0 Å². The number of nitrogens with zero attached hydrogens (tertiary/aromatic N) is 2. The minimum Gasteiger partial charge on any atom is -0.508 e.